The summed E-state index contributed by atoms with van der Waals surface area (Å²) in [7, 11) is 0. The SMILES string of the molecule is Cc1ccccc1C(=O)NC(C)c1cccc(C(F)(F)F)c1. The fourth-order valence-electron chi connectivity index (χ4n) is 2.17. The number of aryl methyl sites for hydroxylation is 1. The third-order valence-electron chi connectivity index (χ3n) is 3.45. The van der Waals surface area contributed by atoms with E-state index in [1.54, 1.807) is 25.1 Å². The van der Waals surface area contributed by atoms with Crippen molar-refractivity contribution >= 4 is 5.91 Å². The van der Waals surface area contributed by atoms with Crippen molar-refractivity contribution in [1.82, 2.24) is 5.32 Å². The number of amides is 1. The molecule has 0 bridgehead atoms. The minimum Gasteiger partial charge on any atom is -0.346 e. The van der Waals surface area contributed by atoms with Gasteiger partial charge in [0.2, 0.25) is 0 Å². The molecule has 1 atom stereocenters. The maximum absolute atomic E-state index is 12.7. The highest BCUT2D eigenvalue weighted by atomic mass is 19.4. The van der Waals surface area contributed by atoms with E-state index in [2.05, 4.69) is 5.32 Å². The van der Waals surface area contributed by atoms with Crippen LogP contribution in [0.25, 0.3) is 0 Å². The Morgan fingerprint density at radius 1 is 1.09 bits per heavy atom. The first-order valence-electron chi connectivity index (χ1n) is 6.82. The molecule has 5 heteroatoms. The van der Waals surface area contributed by atoms with Gasteiger partial charge in [-0.2, -0.15) is 13.2 Å². The second-order valence-corrected chi connectivity index (χ2v) is 5.13. The standard InChI is InChI=1S/C17H16F3NO/c1-11-6-3-4-9-15(11)16(22)21-12(2)13-7-5-8-14(10-13)17(18,19)20/h3-10,12H,1-2H3,(H,21,22). The Bertz CT molecular complexity index is 680. The summed E-state index contributed by atoms with van der Waals surface area (Å²) in [5.41, 5.74) is 1.02. The maximum atomic E-state index is 12.7. The van der Waals surface area contributed by atoms with Crippen LogP contribution in [0.1, 0.15) is 40.0 Å². The third-order valence-corrected chi connectivity index (χ3v) is 3.45. The van der Waals surface area contributed by atoms with Crippen molar-refractivity contribution in [1.29, 1.82) is 0 Å². The Labute approximate surface area is 127 Å². The zero-order valence-electron chi connectivity index (χ0n) is 12.2. The molecule has 2 aromatic rings. The van der Waals surface area contributed by atoms with Crippen LogP contribution in [0.3, 0.4) is 0 Å². The van der Waals surface area contributed by atoms with E-state index in [-0.39, 0.29) is 5.91 Å². The van der Waals surface area contributed by atoms with Gasteiger partial charge < -0.3 is 5.32 Å². The Morgan fingerprint density at radius 3 is 2.41 bits per heavy atom. The number of hydrogen-bond acceptors (Lipinski definition) is 1. The lowest BCUT2D eigenvalue weighted by atomic mass is 10.0. The minimum absolute atomic E-state index is 0.303. The molecule has 2 aromatic carbocycles. The maximum Gasteiger partial charge on any atom is 0.416 e. The lowest BCUT2D eigenvalue weighted by molar-refractivity contribution is -0.137. The average molecular weight is 307 g/mol. The molecule has 2 rings (SSSR count). The number of nitrogens with one attached hydrogen (secondary N) is 1. The number of alkyl halides is 3. The summed E-state index contributed by atoms with van der Waals surface area (Å²) >= 11 is 0. The molecule has 116 valence electrons. The summed E-state index contributed by atoms with van der Waals surface area (Å²) in [4.78, 5) is 12.2. The van der Waals surface area contributed by atoms with E-state index >= 15 is 0 Å². The van der Waals surface area contributed by atoms with Gasteiger partial charge in [-0.1, -0.05) is 30.3 Å². The van der Waals surface area contributed by atoms with Gasteiger partial charge in [-0.25, -0.2) is 0 Å². The van der Waals surface area contributed by atoms with Crippen molar-refractivity contribution < 1.29 is 18.0 Å². The highest BCUT2D eigenvalue weighted by Gasteiger charge is 2.30. The highest BCUT2D eigenvalue weighted by Crippen LogP contribution is 2.30. The van der Waals surface area contributed by atoms with Gasteiger partial charge >= 0.3 is 6.18 Å². The lowest BCUT2D eigenvalue weighted by Gasteiger charge is -2.17. The summed E-state index contributed by atoms with van der Waals surface area (Å²) in [6.07, 6.45) is -4.39. The highest BCUT2D eigenvalue weighted by molar-refractivity contribution is 5.95. The van der Waals surface area contributed by atoms with Crippen LogP contribution in [0.2, 0.25) is 0 Å². The van der Waals surface area contributed by atoms with Crippen LogP contribution in [0.5, 0.6) is 0 Å². The van der Waals surface area contributed by atoms with Gasteiger partial charge in [0.05, 0.1) is 11.6 Å². The largest absolute Gasteiger partial charge is 0.416 e. The first kappa shape index (κ1) is 16.1. The molecule has 0 saturated carbocycles. The summed E-state index contributed by atoms with van der Waals surface area (Å²) in [6, 6.07) is 11.5. The fourth-order valence-corrected chi connectivity index (χ4v) is 2.17. The van der Waals surface area contributed by atoms with Crippen molar-refractivity contribution in [3.8, 4) is 0 Å². The zero-order valence-corrected chi connectivity index (χ0v) is 12.2. The van der Waals surface area contributed by atoms with Crippen molar-refractivity contribution in [3.05, 3.63) is 70.8 Å². The third kappa shape index (κ3) is 3.67. The first-order valence-corrected chi connectivity index (χ1v) is 6.82. The van der Waals surface area contributed by atoms with Crippen LogP contribution < -0.4 is 5.32 Å². The molecule has 2 nitrogen and oxygen atoms in total. The van der Waals surface area contributed by atoms with E-state index in [1.807, 2.05) is 19.1 Å². The quantitative estimate of drug-likeness (QED) is 0.888. The second-order valence-electron chi connectivity index (χ2n) is 5.13. The molecule has 0 fully saturated rings. The van der Waals surface area contributed by atoms with Crippen molar-refractivity contribution in [2.24, 2.45) is 0 Å². The number of carbonyl (C=O) groups excluding carboxylic acids is 1. The van der Waals surface area contributed by atoms with Gasteiger partial charge in [0.15, 0.2) is 0 Å². The van der Waals surface area contributed by atoms with Gasteiger partial charge in [0, 0.05) is 5.56 Å². The van der Waals surface area contributed by atoms with Crippen LogP contribution in [-0.2, 0) is 6.18 Å². The van der Waals surface area contributed by atoms with Crippen LogP contribution >= 0.6 is 0 Å². The number of carbonyl (C=O) groups is 1. The summed E-state index contributed by atoms with van der Waals surface area (Å²) in [5, 5.41) is 2.73. The van der Waals surface area contributed by atoms with Crippen LogP contribution in [-0.4, -0.2) is 5.91 Å². The van der Waals surface area contributed by atoms with E-state index < -0.39 is 17.8 Å². The van der Waals surface area contributed by atoms with E-state index in [1.165, 1.54) is 6.07 Å². The van der Waals surface area contributed by atoms with Gasteiger partial charge in [0.25, 0.3) is 5.91 Å². The Kier molecular flexibility index (Phi) is 4.54. The fraction of sp³-hybridized carbons (Fsp3) is 0.235. The molecule has 0 radical (unpaired) electrons. The van der Waals surface area contributed by atoms with Crippen LogP contribution in [0, 0.1) is 6.92 Å². The number of halogens is 3. The molecule has 0 aromatic heterocycles. The molecule has 0 spiro atoms. The summed E-state index contributed by atoms with van der Waals surface area (Å²) < 4.78 is 38.2. The smallest absolute Gasteiger partial charge is 0.346 e. The monoisotopic (exact) mass is 307 g/mol. The van der Waals surface area contributed by atoms with E-state index in [0.717, 1.165) is 17.7 Å². The predicted octanol–water partition coefficient (Wildman–Crippen LogP) is 4.50. The molecule has 0 aliphatic rings. The molecule has 1 N–H and O–H groups in total. The van der Waals surface area contributed by atoms with Gasteiger partial charge in [0.1, 0.15) is 0 Å². The molecule has 22 heavy (non-hydrogen) atoms. The summed E-state index contributed by atoms with van der Waals surface area (Å²) in [5.74, 6) is -0.303. The van der Waals surface area contributed by atoms with E-state index in [9.17, 15) is 18.0 Å². The molecule has 0 aliphatic heterocycles. The van der Waals surface area contributed by atoms with Crippen LogP contribution in [0.4, 0.5) is 13.2 Å². The van der Waals surface area contributed by atoms with E-state index in [0.29, 0.717) is 11.1 Å². The molecule has 0 heterocycles. The lowest BCUT2D eigenvalue weighted by Crippen LogP contribution is -2.27. The molecular formula is C17H16F3NO. The Hall–Kier alpha value is -2.30. The molecular weight excluding hydrogens is 291 g/mol. The van der Waals surface area contributed by atoms with Crippen molar-refractivity contribution in [2.45, 2.75) is 26.1 Å². The molecule has 1 unspecified atom stereocenters. The Balaban J connectivity index is 2.18. The second kappa shape index (κ2) is 6.22. The molecule has 0 aliphatic carbocycles. The number of benzene rings is 2. The van der Waals surface area contributed by atoms with E-state index in [4.69, 9.17) is 0 Å². The number of rotatable bonds is 3. The van der Waals surface area contributed by atoms with Crippen LogP contribution in [0.15, 0.2) is 48.5 Å². The average Bonchev–Trinajstić information content (AvgIpc) is 2.46. The van der Waals surface area contributed by atoms with Gasteiger partial charge in [-0.15, -0.1) is 0 Å². The summed E-state index contributed by atoms with van der Waals surface area (Å²) in [6.45, 7) is 3.47. The minimum atomic E-state index is -4.39. The first-order chi connectivity index (χ1) is 10.3. The Morgan fingerprint density at radius 2 is 1.77 bits per heavy atom. The topological polar surface area (TPSA) is 29.1 Å². The zero-order chi connectivity index (χ0) is 16.3. The van der Waals surface area contributed by atoms with Gasteiger partial charge in [-0.05, 0) is 43.2 Å². The predicted molar refractivity (Wildman–Crippen MR) is 78.5 cm³/mol. The molecule has 1 amide bonds. The number of hydrogen-bond donors (Lipinski definition) is 1. The molecule has 0 saturated heterocycles. The van der Waals surface area contributed by atoms with Crippen molar-refractivity contribution in [2.75, 3.05) is 0 Å². The van der Waals surface area contributed by atoms with Gasteiger partial charge in [-0.3, -0.25) is 4.79 Å². The normalized spacial score (nSPS) is 12.8. The van der Waals surface area contributed by atoms with Crippen molar-refractivity contribution in [3.63, 3.8) is 0 Å².